The molecule has 0 saturated heterocycles. The topological polar surface area (TPSA) is 79.2 Å². The maximum atomic E-state index is 13.2. The van der Waals surface area contributed by atoms with Crippen LogP contribution in [-0.4, -0.2) is 29.8 Å². The number of benzene rings is 2. The number of esters is 1. The molecular weight excluding hydrogens is 504 g/mol. The molecule has 0 unspecified atom stereocenters. The number of phenolic OH excluding ortho intramolecular Hbond substituents is 1. The van der Waals surface area contributed by atoms with Gasteiger partial charge in [0.15, 0.2) is 0 Å². The number of hydrazone groups is 1. The minimum absolute atomic E-state index is 0.0303. The van der Waals surface area contributed by atoms with Crippen LogP contribution in [0, 0.1) is 5.92 Å². The third kappa shape index (κ3) is 4.28. The summed E-state index contributed by atoms with van der Waals surface area (Å²) in [5, 5.41) is 16.1. The number of carbonyl (C=O) groups excluding carboxylic acids is 2. The van der Waals surface area contributed by atoms with Crippen LogP contribution in [-0.2, 0) is 9.53 Å². The molecule has 0 bridgehead atoms. The fraction of sp³-hybridized carbons (Fsp3) is 0.190. The maximum Gasteiger partial charge on any atom is 0.337 e. The van der Waals surface area contributed by atoms with Crippen molar-refractivity contribution in [2.75, 3.05) is 12.1 Å². The van der Waals surface area contributed by atoms with E-state index in [2.05, 4.69) is 37.0 Å². The Balaban J connectivity index is 2.08. The van der Waals surface area contributed by atoms with Gasteiger partial charge in [-0.15, -0.1) is 0 Å². The summed E-state index contributed by atoms with van der Waals surface area (Å²) in [6.07, 6.45) is 1.62. The van der Waals surface area contributed by atoms with Crippen LogP contribution in [0.4, 0.5) is 5.69 Å². The van der Waals surface area contributed by atoms with E-state index < -0.39 is 5.97 Å². The average Bonchev–Trinajstić information content (AvgIpc) is 3.01. The third-order valence-corrected chi connectivity index (χ3v) is 5.38. The predicted octanol–water partition coefficient (Wildman–Crippen LogP) is 5.15. The Kier molecular flexibility index (Phi) is 6.24. The van der Waals surface area contributed by atoms with Crippen molar-refractivity contribution >= 4 is 61.2 Å². The molecule has 1 amide bonds. The molecule has 29 heavy (non-hydrogen) atoms. The highest BCUT2D eigenvalue weighted by Crippen LogP contribution is 2.35. The smallest absolute Gasteiger partial charge is 0.337 e. The lowest BCUT2D eigenvalue weighted by Gasteiger charge is -2.12. The minimum atomic E-state index is -0.494. The largest absolute Gasteiger partial charge is 0.506 e. The fourth-order valence-corrected chi connectivity index (χ4v) is 4.16. The second kappa shape index (κ2) is 8.51. The van der Waals surface area contributed by atoms with Gasteiger partial charge in [0.05, 0.1) is 34.1 Å². The molecule has 1 aliphatic rings. The zero-order valence-corrected chi connectivity index (χ0v) is 19.1. The first kappa shape index (κ1) is 21.3. The lowest BCUT2D eigenvalue weighted by atomic mass is 9.98. The Labute approximate surface area is 185 Å². The van der Waals surface area contributed by atoms with Crippen molar-refractivity contribution in [1.29, 1.82) is 0 Å². The molecule has 3 rings (SSSR count). The van der Waals surface area contributed by atoms with Gasteiger partial charge in [0.25, 0.3) is 5.91 Å². The van der Waals surface area contributed by atoms with E-state index in [0.717, 1.165) is 4.47 Å². The molecular formula is C21H18Br2N2O4. The molecule has 0 spiro atoms. The first-order valence-corrected chi connectivity index (χ1v) is 10.3. The van der Waals surface area contributed by atoms with E-state index in [4.69, 9.17) is 4.74 Å². The number of carbonyl (C=O) groups is 2. The molecule has 2 aromatic rings. The van der Waals surface area contributed by atoms with Gasteiger partial charge in [0.1, 0.15) is 5.75 Å². The number of aromatic hydroxyl groups is 1. The molecule has 0 saturated carbocycles. The van der Waals surface area contributed by atoms with Crippen molar-refractivity contribution in [1.82, 2.24) is 0 Å². The number of amides is 1. The van der Waals surface area contributed by atoms with Crippen LogP contribution in [0.15, 0.2) is 56.0 Å². The number of methoxy groups -OCH3 is 1. The van der Waals surface area contributed by atoms with Gasteiger partial charge in [-0.2, -0.15) is 10.1 Å². The Bertz CT molecular complexity index is 1060. The molecule has 0 fully saturated rings. The molecule has 150 valence electrons. The summed E-state index contributed by atoms with van der Waals surface area (Å²) < 4.78 is 6.01. The van der Waals surface area contributed by atoms with Gasteiger partial charge >= 0.3 is 5.97 Å². The molecule has 6 nitrogen and oxygen atoms in total. The molecule has 8 heteroatoms. The van der Waals surface area contributed by atoms with Gasteiger partial charge in [-0.1, -0.05) is 35.8 Å². The maximum absolute atomic E-state index is 13.2. The van der Waals surface area contributed by atoms with Crippen molar-refractivity contribution in [2.45, 2.75) is 13.8 Å². The zero-order valence-electron chi connectivity index (χ0n) is 15.9. The summed E-state index contributed by atoms with van der Waals surface area (Å²) in [4.78, 5) is 25.0. The molecule has 1 heterocycles. The van der Waals surface area contributed by atoms with Gasteiger partial charge in [-0.25, -0.2) is 4.79 Å². The number of ether oxygens (including phenoxy) is 1. The number of rotatable bonds is 4. The van der Waals surface area contributed by atoms with Gasteiger partial charge in [-0.05, 0) is 58.3 Å². The summed E-state index contributed by atoms with van der Waals surface area (Å²) in [7, 11) is 1.30. The zero-order chi connectivity index (χ0) is 21.3. The Morgan fingerprint density at radius 3 is 2.62 bits per heavy atom. The molecule has 1 N–H and O–H groups in total. The lowest BCUT2D eigenvalue weighted by Crippen LogP contribution is -2.22. The molecule has 0 aromatic heterocycles. The van der Waals surface area contributed by atoms with Crippen molar-refractivity contribution in [2.24, 2.45) is 11.0 Å². The van der Waals surface area contributed by atoms with Crippen LogP contribution in [0.2, 0.25) is 0 Å². The van der Waals surface area contributed by atoms with Crippen LogP contribution in [0.25, 0.3) is 6.08 Å². The van der Waals surface area contributed by atoms with Gasteiger partial charge in [0, 0.05) is 10.0 Å². The Hall–Kier alpha value is -2.45. The highest BCUT2D eigenvalue weighted by Gasteiger charge is 2.33. The van der Waals surface area contributed by atoms with Crippen LogP contribution in [0.3, 0.4) is 0 Å². The SMILES string of the molecule is COC(=O)c1cccc(N2N=C(C(C)C)/C(=C\c3cc(Br)cc(Br)c3O)C2=O)c1. The van der Waals surface area contributed by atoms with Crippen LogP contribution >= 0.6 is 31.9 Å². The monoisotopic (exact) mass is 520 g/mol. The number of hydrogen-bond donors (Lipinski definition) is 1. The second-order valence-corrected chi connectivity index (χ2v) is 8.45. The van der Waals surface area contributed by atoms with E-state index in [-0.39, 0.29) is 17.6 Å². The van der Waals surface area contributed by atoms with E-state index in [0.29, 0.717) is 32.6 Å². The van der Waals surface area contributed by atoms with E-state index in [1.54, 1.807) is 42.5 Å². The van der Waals surface area contributed by atoms with E-state index in [1.807, 2.05) is 13.8 Å². The number of phenols is 1. The Morgan fingerprint density at radius 1 is 1.24 bits per heavy atom. The Morgan fingerprint density at radius 2 is 1.97 bits per heavy atom. The molecule has 0 radical (unpaired) electrons. The summed E-state index contributed by atoms with van der Waals surface area (Å²) in [6, 6.07) is 9.97. The average molecular weight is 522 g/mol. The van der Waals surface area contributed by atoms with Crippen LogP contribution in [0.5, 0.6) is 5.75 Å². The molecule has 0 aliphatic carbocycles. The molecule has 1 aliphatic heterocycles. The van der Waals surface area contributed by atoms with Crippen molar-refractivity contribution < 1.29 is 19.4 Å². The van der Waals surface area contributed by atoms with E-state index in [9.17, 15) is 14.7 Å². The van der Waals surface area contributed by atoms with Crippen LogP contribution < -0.4 is 5.01 Å². The summed E-state index contributed by atoms with van der Waals surface area (Å²) in [5.74, 6) is -0.836. The molecule has 2 aromatic carbocycles. The summed E-state index contributed by atoms with van der Waals surface area (Å²) in [5.41, 5.74) is 2.23. The molecule has 0 atom stereocenters. The van der Waals surface area contributed by atoms with Crippen molar-refractivity contribution in [3.05, 3.63) is 62.0 Å². The summed E-state index contributed by atoms with van der Waals surface area (Å²) in [6.45, 7) is 3.87. The van der Waals surface area contributed by atoms with Gasteiger partial charge < -0.3 is 9.84 Å². The lowest BCUT2D eigenvalue weighted by molar-refractivity contribution is -0.114. The van der Waals surface area contributed by atoms with Gasteiger partial charge in [0.2, 0.25) is 0 Å². The van der Waals surface area contributed by atoms with Crippen LogP contribution in [0.1, 0.15) is 29.8 Å². The van der Waals surface area contributed by atoms with E-state index in [1.165, 1.54) is 12.1 Å². The first-order valence-electron chi connectivity index (χ1n) is 8.74. The van der Waals surface area contributed by atoms with Crippen molar-refractivity contribution in [3.63, 3.8) is 0 Å². The van der Waals surface area contributed by atoms with Gasteiger partial charge in [-0.3, -0.25) is 4.79 Å². The highest BCUT2D eigenvalue weighted by molar-refractivity contribution is 9.11. The first-order chi connectivity index (χ1) is 13.7. The van der Waals surface area contributed by atoms with E-state index >= 15 is 0 Å². The highest BCUT2D eigenvalue weighted by atomic mass is 79.9. The number of nitrogens with zero attached hydrogens (tertiary/aromatic N) is 2. The number of hydrogen-bond acceptors (Lipinski definition) is 5. The fourth-order valence-electron chi connectivity index (χ4n) is 2.90. The minimum Gasteiger partial charge on any atom is -0.506 e. The third-order valence-electron chi connectivity index (χ3n) is 4.32. The summed E-state index contributed by atoms with van der Waals surface area (Å²) >= 11 is 6.70. The second-order valence-electron chi connectivity index (χ2n) is 6.68. The normalized spacial score (nSPS) is 15.2. The standard InChI is InChI=1S/C21H18Br2N2O4/c1-11(2)18-16(9-13-7-14(22)10-17(23)19(13)26)20(27)25(24-18)15-6-4-5-12(8-15)21(28)29-3/h4-11,26H,1-3H3/b16-9+. The number of halogens is 2. The number of anilines is 1. The van der Waals surface area contributed by atoms with Crippen molar-refractivity contribution in [3.8, 4) is 5.75 Å². The quantitative estimate of drug-likeness (QED) is 0.446. The predicted molar refractivity (Wildman–Crippen MR) is 119 cm³/mol.